The molecule has 2 heterocycles. The molecule has 1 unspecified atom stereocenters. The minimum absolute atomic E-state index is 0.0136. The molecule has 1 fully saturated rings. The van der Waals surface area contributed by atoms with E-state index >= 15 is 0 Å². The minimum Gasteiger partial charge on any atom is -0.354 e. The number of piperazine rings is 1. The Morgan fingerprint density at radius 2 is 2.50 bits per heavy atom. The summed E-state index contributed by atoms with van der Waals surface area (Å²) in [6.45, 7) is 3.90. The van der Waals surface area contributed by atoms with Crippen molar-refractivity contribution in [2.24, 2.45) is 0 Å². The van der Waals surface area contributed by atoms with Crippen LogP contribution in [0.4, 0.5) is 0 Å². The van der Waals surface area contributed by atoms with E-state index < -0.39 is 0 Å². The number of rotatable bonds is 4. The monoisotopic (exact) mass is 267 g/mol. The number of carbonyl (C=O) groups excluding carboxylic acids is 2. The zero-order valence-electron chi connectivity index (χ0n) is 10.3. The number of hydrogen-bond acceptors (Lipinski definition) is 4. The Morgan fingerprint density at radius 3 is 3.17 bits per heavy atom. The molecule has 98 valence electrons. The lowest BCUT2D eigenvalue weighted by atomic mass is 10.2. The highest BCUT2D eigenvalue weighted by Crippen LogP contribution is 2.17. The standard InChI is InChI=1S/C12H17N3O2S/c1-9(10-3-2-6-18-10)14-12(17)8-15-5-4-13-11(16)7-15/h2-3,6,9H,4-5,7-8H2,1H3,(H,13,16)(H,14,17). The molecule has 0 aromatic carbocycles. The molecular weight excluding hydrogens is 250 g/mol. The van der Waals surface area contributed by atoms with E-state index in [-0.39, 0.29) is 24.4 Å². The van der Waals surface area contributed by atoms with Crippen LogP contribution in [0.2, 0.25) is 0 Å². The van der Waals surface area contributed by atoms with Crippen LogP contribution in [-0.4, -0.2) is 42.9 Å². The van der Waals surface area contributed by atoms with Crippen LogP contribution in [0.15, 0.2) is 17.5 Å². The average Bonchev–Trinajstić information content (AvgIpc) is 2.81. The van der Waals surface area contributed by atoms with E-state index in [4.69, 9.17) is 0 Å². The van der Waals surface area contributed by atoms with Gasteiger partial charge in [-0.15, -0.1) is 11.3 Å². The summed E-state index contributed by atoms with van der Waals surface area (Å²) in [5, 5.41) is 7.67. The Labute approximate surface area is 110 Å². The SMILES string of the molecule is CC(NC(=O)CN1CCNC(=O)C1)c1cccs1. The van der Waals surface area contributed by atoms with E-state index in [2.05, 4.69) is 10.6 Å². The summed E-state index contributed by atoms with van der Waals surface area (Å²) < 4.78 is 0. The molecule has 2 rings (SSSR count). The summed E-state index contributed by atoms with van der Waals surface area (Å²) in [4.78, 5) is 26.0. The van der Waals surface area contributed by atoms with Crippen LogP contribution in [0.25, 0.3) is 0 Å². The van der Waals surface area contributed by atoms with Crippen molar-refractivity contribution in [1.29, 1.82) is 0 Å². The molecule has 0 radical (unpaired) electrons. The summed E-state index contributed by atoms with van der Waals surface area (Å²) in [7, 11) is 0. The third kappa shape index (κ3) is 3.54. The highest BCUT2D eigenvalue weighted by molar-refractivity contribution is 7.10. The van der Waals surface area contributed by atoms with E-state index in [1.165, 1.54) is 0 Å². The number of nitrogens with zero attached hydrogens (tertiary/aromatic N) is 1. The first-order valence-electron chi connectivity index (χ1n) is 5.97. The van der Waals surface area contributed by atoms with Crippen molar-refractivity contribution >= 4 is 23.2 Å². The zero-order chi connectivity index (χ0) is 13.0. The fourth-order valence-corrected chi connectivity index (χ4v) is 2.66. The summed E-state index contributed by atoms with van der Waals surface area (Å²) in [6.07, 6.45) is 0. The van der Waals surface area contributed by atoms with Crippen molar-refractivity contribution in [2.75, 3.05) is 26.2 Å². The normalized spacial score (nSPS) is 18.2. The Balaban J connectivity index is 1.79. The number of carbonyl (C=O) groups is 2. The van der Waals surface area contributed by atoms with Gasteiger partial charge < -0.3 is 10.6 Å². The molecule has 1 aromatic rings. The van der Waals surface area contributed by atoms with Crippen molar-refractivity contribution < 1.29 is 9.59 Å². The van der Waals surface area contributed by atoms with Crippen LogP contribution >= 0.6 is 11.3 Å². The molecule has 1 atom stereocenters. The van der Waals surface area contributed by atoms with E-state index in [0.29, 0.717) is 13.1 Å². The predicted octanol–water partition coefficient (Wildman–Crippen LogP) is 0.357. The highest BCUT2D eigenvalue weighted by Gasteiger charge is 2.19. The molecule has 0 bridgehead atoms. The highest BCUT2D eigenvalue weighted by atomic mass is 32.1. The molecule has 1 aromatic heterocycles. The summed E-state index contributed by atoms with van der Waals surface area (Å²) in [5.74, 6) is -0.0500. The molecule has 1 saturated heterocycles. The lowest BCUT2D eigenvalue weighted by Crippen LogP contribution is -2.50. The Kier molecular flexibility index (Phi) is 4.33. The maximum Gasteiger partial charge on any atom is 0.234 e. The first-order valence-corrected chi connectivity index (χ1v) is 6.85. The molecule has 0 saturated carbocycles. The predicted molar refractivity (Wildman–Crippen MR) is 70.3 cm³/mol. The van der Waals surface area contributed by atoms with E-state index in [1.807, 2.05) is 29.3 Å². The topological polar surface area (TPSA) is 61.4 Å². The number of amides is 2. The smallest absolute Gasteiger partial charge is 0.234 e. The fourth-order valence-electron chi connectivity index (χ4n) is 1.93. The van der Waals surface area contributed by atoms with Gasteiger partial charge in [-0.05, 0) is 18.4 Å². The Bertz CT molecular complexity index is 419. The average molecular weight is 267 g/mol. The second kappa shape index (κ2) is 5.97. The van der Waals surface area contributed by atoms with Crippen molar-refractivity contribution in [2.45, 2.75) is 13.0 Å². The van der Waals surface area contributed by atoms with Crippen LogP contribution < -0.4 is 10.6 Å². The second-order valence-corrected chi connectivity index (χ2v) is 5.34. The van der Waals surface area contributed by atoms with Gasteiger partial charge in [0, 0.05) is 18.0 Å². The van der Waals surface area contributed by atoms with Crippen molar-refractivity contribution in [3.05, 3.63) is 22.4 Å². The molecule has 5 nitrogen and oxygen atoms in total. The van der Waals surface area contributed by atoms with Crippen molar-refractivity contribution in [1.82, 2.24) is 15.5 Å². The molecule has 18 heavy (non-hydrogen) atoms. The van der Waals surface area contributed by atoms with Gasteiger partial charge >= 0.3 is 0 Å². The van der Waals surface area contributed by atoms with E-state index in [0.717, 1.165) is 11.4 Å². The molecule has 6 heteroatoms. The summed E-state index contributed by atoms with van der Waals surface area (Å²) in [6, 6.07) is 4.00. The van der Waals surface area contributed by atoms with Crippen LogP contribution in [0, 0.1) is 0 Å². The third-order valence-electron chi connectivity index (χ3n) is 2.83. The summed E-state index contributed by atoms with van der Waals surface area (Å²) in [5.41, 5.74) is 0. The largest absolute Gasteiger partial charge is 0.354 e. The van der Waals surface area contributed by atoms with Gasteiger partial charge in [0.15, 0.2) is 0 Å². The number of thiophene rings is 1. The van der Waals surface area contributed by atoms with Crippen LogP contribution in [0.5, 0.6) is 0 Å². The van der Waals surface area contributed by atoms with E-state index in [9.17, 15) is 9.59 Å². The Morgan fingerprint density at radius 1 is 1.67 bits per heavy atom. The molecule has 0 spiro atoms. The van der Waals surface area contributed by atoms with E-state index in [1.54, 1.807) is 11.3 Å². The maximum atomic E-state index is 11.8. The second-order valence-electron chi connectivity index (χ2n) is 4.37. The molecule has 1 aliphatic rings. The maximum absolute atomic E-state index is 11.8. The van der Waals surface area contributed by atoms with Gasteiger partial charge in [0.2, 0.25) is 11.8 Å². The van der Waals surface area contributed by atoms with Gasteiger partial charge in [-0.2, -0.15) is 0 Å². The van der Waals surface area contributed by atoms with Gasteiger partial charge in [0.25, 0.3) is 0 Å². The fraction of sp³-hybridized carbons (Fsp3) is 0.500. The number of hydrogen-bond donors (Lipinski definition) is 2. The molecule has 1 aliphatic heterocycles. The lowest BCUT2D eigenvalue weighted by molar-refractivity contribution is -0.127. The Hall–Kier alpha value is -1.40. The van der Waals surface area contributed by atoms with Crippen molar-refractivity contribution in [3.63, 3.8) is 0 Å². The minimum atomic E-state index is -0.0365. The van der Waals surface area contributed by atoms with Crippen molar-refractivity contribution in [3.8, 4) is 0 Å². The van der Waals surface area contributed by atoms with Gasteiger partial charge in [-0.3, -0.25) is 14.5 Å². The molecule has 2 amide bonds. The first-order chi connectivity index (χ1) is 8.65. The number of nitrogens with one attached hydrogen (secondary N) is 2. The van der Waals surface area contributed by atoms with Crippen LogP contribution in [0.3, 0.4) is 0 Å². The quantitative estimate of drug-likeness (QED) is 0.828. The van der Waals surface area contributed by atoms with Crippen LogP contribution in [-0.2, 0) is 9.59 Å². The van der Waals surface area contributed by atoms with Crippen LogP contribution in [0.1, 0.15) is 17.8 Å². The lowest BCUT2D eigenvalue weighted by Gasteiger charge is -2.26. The zero-order valence-corrected chi connectivity index (χ0v) is 11.1. The summed E-state index contributed by atoms with van der Waals surface area (Å²) >= 11 is 1.63. The van der Waals surface area contributed by atoms with Gasteiger partial charge in [0.1, 0.15) is 0 Å². The van der Waals surface area contributed by atoms with Gasteiger partial charge in [0.05, 0.1) is 19.1 Å². The third-order valence-corrected chi connectivity index (χ3v) is 3.89. The van der Waals surface area contributed by atoms with Gasteiger partial charge in [-0.25, -0.2) is 0 Å². The first kappa shape index (κ1) is 13.0. The molecule has 0 aliphatic carbocycles. The molecular formula is C12H17N3O2S. The van der Waals surface area contributed by atoms with Gasteiger partial charge in [-0.1, -0.05) is 6.07 Å². The molecule has 2 N–H and O–H groups in total.